The fourth-order valence-corrected chi connectivity index (χ4v) is 2.06. The van der Waals surface area contributed by atoms with Crippen LogP contribution in [0.1, 0.15) is 19.3 Å². The van der Waals surface area contributed by atoms with Gasteiger partial charge in [0, 0.05) is 25.1 Å². The highest BCUT2D eigenvalue weighted by molar-refractivity contribution is 4.80. The minimum Gasteiger partial charge on any atom is -0.396 e. The summed E-state index contributed by atoms with van der Waals surface area (Å²) in [6.07, 6.45) is 3.82. The summed E-state index contributed by atoms with van der Waals surface area (Å²) >= 11 is 0. The lowest BCUT2D eigenvalue weighted by atomic mass is 9.92. The number of piperidine rings is 1. The van der Waals surface area contributed by atoms with Gasteiger partial charge in [-0.1, -0.05) is 6.42 Å². The predicted molar refractivity (Wildman–Crippen MR) is 54.8 cm³/mol. The third kappa shape index (κ3) is 3.63. The number of rotatable bonds is 4. The van der Waals surface area contributed by atoms with Gasteiger partial charge in [-0.25, -0.2) is 0 Å². The van der Waals surface area contributed by atoms with Crippen LogP contribution in [0.5, 0.6) is 0 Å². The third-order valence-electron chi connectivity index (χ3n) is 2.75. The molecule has 2 N–H and O–H groups in total. The molecular formula is C10H22N2O. The molecule has 2 unspecified atom stereocenters. The summed E-state index contributed by atoms with van der Waals surface area (Å²) < 4.78 is 0. The zero-order chi connectivity index (χ0) is 9.68. The first kappa shape index (κ1) is 11.0. The fraction of sp³-hybridized carbons (Fsp3) is 1.00. The highest BCUT2D eigenvalue weighted by Crippen LogP contribution is 2.15. The van der Waals surface area contributed by atoms with E-state index in [1.807, 2.05) is 0 Å². The summed E-state index contributed by atoms with van der Waals surface area (Å²) in [5.74, 6) is 0.398. The van der Waals surface area contributed by atoms with E-state index >= 15 is 0 Å². The Kier molecular flexibility index (Phi) is 4.70. The highest BCUT2D eigenvalue weighted by atomic mass is 16.3. The number of nitrogens with one attached hydrogen (secondary N) is 1. The summed E-state index contributed by atoms with van der Waals surface area (Å²) in [5.41, 5.74) is 0. The van der Waals surface area contributed by atoms with E-state index in [9.17, 15) is 5.11 Å². The first-order valence-electron chi connectivity index (χ1n) is 5.23. The van der Waals surface area contributed by atoms with Crippen LogP contribution >= 0.6 is 0 Å². The zero-order valence-electron chi connectivity index (χ0n) is 8.79. The van der Waals surface area contributed by atoms with Gasteiger partial charge in [0.15, 0.2) is 0 Å². The minimum absolute atomic E-state index is 0.301. The Bertz CT molecular complexity index is 133. The van der Waals surface area contributed by atoms with Crippen LogP contribution < -0.4 is 5.32 Å². The second-order valence-electron chi connectivity index (χ2n) is 4.26. The van der Waals surface area contributed by atoms with Crippen molar-refractivity contribution in [2.75, 3.05) is 33.8 Å². The molecule has 0 amide bonds. The lowest BCUT2D eigenvalue weighted by molar-refractivity contribution is 0.144. The average Bonchev–Trinajstić information content (AvgIpc) is 2.15. The number of aliphatic hydroxyl groups is 1. The number of aliphatic hydroxyl groups excluding tert-OH is 1. The van der Waals surface area contributed by atoms with Gasteiger partial charge in [0.05, 0.1) is 0 Å². The first-order valence-corrected chi connectivity index (χ1v) is 5.23. The van der Waals surface area contributed by atoms with Crippen LogP contribution in [0, 0.1) is 5.92 Å². The largest absolute Gasteiger partial charge is 0.396 e. The van der Waals surface area contributed by atoms with E-state index in [4.69, 9.17) is 0 Å². The molecule has 13 heavy (non-hydrogen) atoms. The van der Waals surface area contributed by atoms with Crippen molar-refractivity contribution in [3.63, 3.8) is 0 Å². The topological polar surface area (TPSA) is 35.5 Å². The van der Waals surface area contributed by atoms with Crippen LogP contribution in [0.15, 0.2) is 0 Å². The van der Waals surface area contributed by atoms with Crippen molar-refractivity contribution in [2.24, 2.45) is 5.92 Å². The Hall–Kier alpha value is -0.120. The van der Waals surface area contributed by atoms with Crippen LogP contribution in [0.4, 0.5) is 0 Å². The van der Waals surface area contributed by atoms with Crippen molar-refractivity contribution in [2.45, 2.75) is 25.3 Å². The van der Waals surface area contributed by atoms with Crippen molar-refractivity contribution in [1.82, 2.24) is 10.2 Å². The maximum Gasteiger partial charge on any atom is 0.0486 e. The van der Waals surface area contributed by atoms with Gasteiger partial charge in [-0.3, -0.25) is 0 Å². The van der Waals surface area contributed by atoms with E-state index < -0.39 is 0 Å². The van der Waals surface area contributed by atoms with Crippen molar-refractivity contribution in [1.29, 1.82) is 0 Å². The minimum atomic E-state index is 0.301. The van der Waals surface area contributed by atoms with Gasteiger partial charge < -0.3 is 15.3 Å². The van der Waals surface area contributed by atoms with Gasteiger partial charge in [-0.15, -0.1) is 0 Å². The summed E-state index contributed by atoms with van der Waals surface area (Å²) in [6, 6.07) is 0.529. The SMILES string of the molecule is CN(C)CC(CO)C1CCCCN1. The third-order valence-corrected chi connectivity index (χ3v) is 2.75. The van der Waals surface area contributed by atoms with Gasteiger partial charge in [-0.05, 0) is 33.5 Å². The van der Waals surface area contributed by atoms with Crippen molar-refractivity contribution in [3.8, 4) is 0 Å². The average molecular weight is 186 g/mol. The molecule has 0 bridgehead atoms. The smallest absolute Gasteiger partial charge is 0.0486 e. The molecule has 1 rings (SSSR count). The fourth-order valence-electron chi connectivity index (χ4n) is 2.06. The van der Waals surface area contributed by atoms with Gasteiger partial charge >= 0.3 is 0 Å². The second kappa shape index (κ2) is 5.58. The Morgan fingerprint density at radius 3 is 2.69 bits per heavy atom. The molecule has 78 valence electrons. The molecule has 0 aromatic heterocycles. The first-order chi connectivity index (χ1) is 6.24. The molecule has 3 heteroatoms. The molecule has 0 spiro atoms. The summed E-state index contributed by atoms with van der Waals surface area (Å²) in [7, 11) is 4.12. The molecule has 1 saturated heterocycles. The number of hydrogen-bond donors (Lipinski definition) is 2. The standard InChI is InChI=1S/C10H22N2O/c1-12(2)7-9(8-13)10-5-3-4-6-11-10/h9-11,13H,3-8H2,1-2H3. The summed E-state index contributed by atoms with van der Waals surface area (Å²) in [5, 5.41) is 12.7. The van der Waals surface area contributed by atoms with E-state index in [-0.39, 0.29) is 0 Å². The van der Waals surface area contributed by atoms with E-state index in [2.05, 4.69) is 24.3 Å². The van der Waals surface area contributed by atoms with Crippen LogP contribution in [0.2, 0.25) is 0 Å². The molecule has 0 aromatic rings. The Labute approximate surface area is 81.1 Å². The molecular weight excluding hydrogens is 164 g/mol. The van der Waals surface area contributed by atoms with Crippen LogP contribution in [0.25, 0.3) is 0 Å². The number of hydrogen-bond acceptors (Lipinski definition) is 3. The molecule has 1 aliphatic heterocycles. The zero-order valence-corrected chi connectivity index (χ0v) is 8.79. The van der Waals surface area contributed by atoms with E-state index in [0.29, 0.717) is 18.6 Å². The summed E-state index contributed by atoms with van der Waals surface area (Å²) in [4.78, 5) is 2.15. The normalized spacial score (nSPS) is 26.3. The molecule has 1 heterocycles. The summed E-state index contributed by atoms with van der Waals surface area (Å²) in [6.45, 7) is 2.40. The maximum absolute atomic E-state index is 9.26. The predicted octanol–water partition coefficient (Wildman–Crippen LogP) is 0.299. The van der Waals surface area contributed by atoms with Crippen LogP contribution in [-0.4, -0.2) is 49.8 Å². The van der Waals surface area contributed by atoms with Gasteiger partial charge in [-0.2, -0.15) is 0 Å². The maximum atomic E-state index is 9.26. The monoisotopic (exact) mass is 186 g/mol. The molecule has 0 aromatic carbocycles. The molecule has 0 radical (unpaired) electrons. The Balaban J connectivity index is 2.34. The van der Waals surface area contributed by atoms with Crippen LogP contribution in [-0.2, 0) is 0 Å². The Morgan fingerprint density at radius 2 is 2.23 bits per heavy atom. The second-order valence-corrected chi connectivity index (χ2v) is 4.26. The van der Waals surface area contributed by atoms with Crippen LogP contribution in [0.3, 0.4) is 0 Å². The quantitative estimate of drug-likeness (QED) is 0.663. The molecule has 0 aliphatic carbocycles. The van der Waals surface area contributed by atoms with Crippen molar-refractivity contribution < 1.29 is 5.11 Å². The molecule has 3 nitrogen and oxygen atoms in total. The molecule has 2 atom stereocenters. The molecule has 1 fully saturated rings. The van der Waals surface area contributed by atoms with Gasteiger partial charge in [0.25, 0.3) is 0 Å². The highest BCUT2D eigenvalue weighted by Gasteiger charge is 2.22. The van der Waals surface area contributed by atoms with E-state index in [0.717, 1.165) is 13.1 Å². The van der Waals surface area contributed by atoms with Crippen molar-refractivity contribution >= 4 is 0 Å². The van der Waals surface area contributed by atoms with Crippen molar-refractivity contribution in [3.05, 3.63) is 0 Å². The number of nitrogens with zero attached hydrogens (tertiary/aromatic N) is 1. The van der Waals surface area contributed by atoms with Gasteiger partial charge in [0.1, 0.15) is 0 Å². The molecule has 0 saturated carbocycles. The van der Waals surface area contributed by atoms with E-state index in [1.54, 1.807) is 0 Å². The van der Waals surface area contributed by atoms with E-state index in [1.165, 1.54) is 19.3 Å². The molecule has 1 aliphatic rings. The Morgan fingerprint density at radius 1 is 1.46 bits per heavy atom. The lowest BCUT2D eigenvalue weighted by Crippen LogP contribution is -2.45. The van der Waals surface area contributed by atoms with Gasteiger partial charge in [0.2, 0.25) is 0 Å². The lowest BCUT2D eigenvalue weighted by Gasteiger charge is -2.31.